The van der Waals surface area contributed by atoms with E-state index in [0.717, 1.165) is 0 Å². The molecule has 6 rings (SSSR count). The van der Waals surface area contributed by atoms with Gasteiger partial charge in [-0.25, -0.2) is 0 Å². The van der Waals surface area contributed by atoms with Crippen LogP contribution in [0.3, 0.4) is 0 Å². The van der Waals surface area contributed by atoms with Gasteiger partial charge in [0.15, 0.2) is 0 Å². The van der Waals surface area contributed by atoms with E-state index in [1.54, 1.807) is 0 Å². The van der Waals surface area contributed by atoms with Crippen molar-refractivity contribution in [3.63, 3.8) is 0 Å². The van der Waals surface area contributed by atoms with Gasteiger partial charge in [0.25, 0.3) is 0 Å². The second kappa shape index (κ2) is 7.75. The quantitative estimate of drug-likeness (QED) is 0.206. The van der Waals surface area contributed by atoms with Gasteiger partial charge >= 0.3 is 0 Å². The minimum absolute atomic E-state index is 0.367. The molecule has 5 aromatic rings. The smallest absolute Gasteiger partial charge is 0.0622 e. The monoisotopic (exact) mass is 520 g/mol. The van der Waals surface area contributed by atoms with Gasteiger partial charge in [-0.2, -0.15) is 0 Å². The summed E-state index contributed by atoms with van der Waals surface area (Å²) in [7, 11) is 0. The molecule has 0 bridgehead atoms. The molecule has 0 aromatic heterocycles. The maximum absolute atomic E-state index is 2.38. The van der Waals surface area contributed by atoms with E-state index in [-0.39, 0.29) is 5.41 Å². The van der Waals surface area contributed by atoms with E-state index < -0.39 is 0 Å². The Morgan fingerprint density at radius 2 is 0.969 bits per heavy atom. The van der Waals surface area contributed by atoms with E-state index in [1.807, 2.05) is 0 Å². The van der Waals surface area contributed by atoms with E-state index >= 15 is 0 Å². The van der Waals surface area contributed by atoms with Crippen molar-refractivity contribution in [3.05, 3.63) is 153 Å². The van der Waals surface area contributed by atoms with Crippen LogP contribution in [0, 0.1) is 3.57 Å². The number of benzene rings is 5. The molecular formula is C31H21I. The van der Waals surface area contributed by atoms with Gasteiger partial charge in [0.05, 0.1) is 5.41 Å². The second-order valence-corrected chi connectivity index (χ2v) is 9.51. The Kier molecular flexibility index (Phi) is 4.73. The van der Waals surface area contributed by atoms with Gasteiger partial charge in [-0.05, 0) is 79.2 Å². The summed E-state index contributed by atoms with van der Waals surface area (Å²) in [5, 5.41) is 0. The molecule has 0 saturated heterocycles. The zero-order valence-electron chi connectivity index (χ0n) is 17.5. The SMILES string of the molecule is Ic1ccc(-c2cccc3c2C(c2ccccc2)(c2ccccc2)c2ccccc2-3)cc1. The molecule has 0 N–H and O–H groups in total. The van der Waals surface area contributed by atoms with Crippen molar-refractivity contribution in [1.29, 1.82) is 0 Å². The Bertz CT molecular complexity index is 1360. The third-order valence-corrected chi connectivity index (χ3v) is 7.35. The van der Waals surface area contributed by atoms with Crippen molar-refractivity contribution in [2.45, 2.75) is 5.41 Å². The van der Waals surface area contributed by atoms with Gasteiger partial charge in [0.1, 0.15) is 0 Å². The minimum Gasteiger partial charge on any atom is -0.0622 e. The number of hydrogen-bond acceptors (Lipinski definition) is 0. The molecule has 1 aliphatic rings. The summed E-state index contributed by atoms with van der Waals surface area (Å²) < 4.78 is 1.25. The maximum Gasteiger partial charge on any atom is 0.0719 e. The topological polar surface area (TPSA) is 0 Å². The molecule has 0 heterocycles. The van der Waals surface area contributed by atoms with Gasteiger partial charge in [-0.3, -0.25) is 0 Å². The summed E-state index contributed by atoms with van der Waals surface area (Å²) in [4.78, 5) is 0. The fourth-order valence-corrected chi connectivity index (χ4v) is 5.73. The molecule has 0 radical (unpaired) electrons. The molecule has 1 aliphatic carbocycles. The van der Waals surface area contributed by atoms with Crippen molar-refractivity contribution in [3.8, 4) is 22.3 Å². The molecule has 32 heavy (non-hydrogen) atoms. The third kappa shape index (κ3) is 2.81. The van der Waals surface area contributed by atoms with E-state index in [9.17, 15) is 0 Å². The molecule has 5 aromatic carbocycles. The Hall–Kier alpha value is -3.17. The Morgan fingerprint density at radius 1 is 0.438 bits per heavy atom. The summed E-state index contributed by atoms with van der Waals surface area (Å²) in [6.45, 7) is 0. The summed E-state index contributed by atoms with van der Waals surface area (Å²) >= 11 is 2.38. The summed E-state index contributed by atoms with van der Waals surface area (Å²) in [6, 6.07) is 46.6. The van der Waals surface area contributed by atoms with Crippen LogP contribution >= 0.6 is 22.6 Å². The van der Waals surface area contributed by atoms with Crippen LogP contribution in [0.1, 0.15) is 22.3 Å². The Labute approximate surface area is 202 Å². The summed E-state index contributed by atoms with van der Waals surface area (Å²) in [5.41, 5.74) is 10.2. The Balaban J connectivity index is 1.80. The van der Waals surface area contributed by atoms with E-state index in [1.165, 1.54) is 48.1 Å². The average molecular weight is 520 g/mol. The predicted molar refractivity (Wildman–Crippen MR) is 142 cm³/mol. The first-order valence-corrected chi connectivity index (χ1v) is 12.0. The van der Waals surface area contributed by atoms with Crippen LogP contribution in [0.15, 0.2) is 127 Å². The lowest BCUT2D eigenvalue weighted by Gasteiger charge is -2.35. The number of hydrogen-bond donors (Lipinski definition) is 0. The highest BCUT2D eigenvalue weighted by Gasteiger charge is 2.47. The van der Waals surface area contributed by atoms with Crippen LogP contribution < -0.4 is 0 Å². The first-order chi connectivity index (χ1) is 15.8. The molecule has 0 unspecified atom stereocenters. The van der Waals surface area contributed by atoms with E-state index in [0.29, 0.717) is 0 Å². The molecule has 0 amide bonds. The number of rotatable bonds is 3. The van der Waals surface area contributed by atoms with E-state index in [2.05, 4.69) is 150 Å². The molecule has 1 heteroatoms. The molecular weight excluding hydrogens is 499 g/mol. The van der Waals surface area contributed by atoms with Crippen LogP contribution in [-0.2, 0) is 5.41 Å². The van der Waals surface area contributed by atoms with Gasteiger partial charge < -0.3 is 0 Å². The fourth-order valence-electron chi connectivity index (χ4n) is 5.37. The molecule has 0 aliphatic heterocycles. The maximum atomic E-state index is 2.38. The molecule has 152 valence electrons. The van der Waals surface area contributed by atoms with Crippen LogP contribution in [0.4, 0.5) is 0 Å². The highest BCUT2D eigenvalue weighted by atomic mass is 127. The number of halogens is 1. The predicted octanol–water partition coefficient (Wildman–Crippen LogP) is 8.32. The molecule has 0 atom stereocenters. The first kappa shape index (κ1) is 19.5. The van der Waals surface area contributed by atoms with Crippen LogP contribution in [-0.4, -0.2) is 0 Å². The van der Waals surface area contributed by atoms with Gasteiger partial charge in [0.2, 0.25) is 0 Å². The minimum atomic E-state index is -0.367. The summed E-state index contributed by atoms with van der Waals surface area (Å²) in [6.07, 6.45) is 0. The van der Waals surface area contributed by atoms with Gasteiger partial charge in [0, 0.05) is 3.57 Å². The zero-order chi connectivity index (χ0) is 21.5. The standard InChI is InChI=1S/C31H21I/c32-25-20-18-22(19-21-25)26-15-9-16-28-27-14-7-8-17-29(27)31(30(26)28,23-10-3-1-4-11-23)24-12-5-2-6-13-24/h1-21H. The lowest BCUT2D eigenvalue weighted by molar-refractivity contribution is 0.770. The van der Waals surface area contributed by atoms with Gasteiger partial charge in [-0.1, -0.05) is 115 Å². The molecule has 0 fully saturated rings. The largest absolute Gasteiger partial charge is 0.0719 e. The highest BCUT2D eigenvalue weighted by molar-refractivity contribution is 14.1. The molecule has 0 nitrogen and oxygen atoms in total. The first-order valence-electron chi connectivity index (χ1n) is 10.9. The van der Waals surface area contributed by atoms with E-state index in [4.69, 9.17) is 0 Å². The zero-order valence-corrected chi connectivity index (χ0v) is 19.7. The molecule has 0 spiro atoms. The highest BCUT2D eigenvalue weighted by Crippen LogP contribution is 2.58. The average Bonchev–Trinajstić information content (AvgIpc) is 3.17. The number of fused-ring (bicyclic) bond motifs is 3. The lowest BCUT2D eigenvalue weighted by atomic mass is 9.66. The van der Waals surface area contributed by atoms with Gasteiger partial charge in [-0.15, -0.1) is 0 Å². The van der Waals surface area contributed by atoms with Crippen LogP contribution in [0.5, 0.6) is 0 Å². The summed E-state index contributed by atoms with van der Waals surface area (Å²) in [5.74, 6) is 0. The normalized spacial score (nSPS) is 13.4. The van der Waals surface area contributed by atoms with Crippen molar-refractivity contribution in [1.82, 2.24) is 0 Å². The Morgan fingerprint density at radius 3 is 1.62 bits per heavy atom. The second-order valence-electron chi connectivity index (χ2n) is 8.26. The van der Waals surface area contributed by atoms with Crippen molar-refractivity contribution in [2.24, 2.45) is 0 Å². The molecule has 0 saturated carbocycles. The van der Waals surface area contributed by atoms with Crippen molar-refractivity contribution < 1.29 is 0 Å². The van der Waals surface area contributed by atoms with Crippen molar-refractivity contribution >= 4 is 22.6 Å². The van der Waals surface area contributed by atoms with Crippen molar-refractivity contribution in [2.75, 3.05) is 0 Å². The third-order valence-electron chi connectivity index (χ3n) is 6.63. The lowest BCUT2D eigenvalue weighted by Crippen LogP contribution is -2.29. The van der Waals surface area contributed by atoms with Crippen LogP contribution in [0.2, 0.25) is 0 Å². The fraction of sp³-hybridized carbons (Fsp3) is 0.0323. The van der Waals surface area contributed by atoms with Crippen LogP contribution in [0.25, 0.3) is 22.3 Å².